The first-order valence-corrected chi connectivity index (χ1v) is 5.43. The Morgan fingerprint density at radius 1 is 1.47 bits per heavy atom. The van der Waals surface area contributed by atoms with Crippen LogP contribution in [0.25, 0.3) is 0 Å². The molecule has 0 bridgehead atoms. The molecule has 1 heterocycles. The Bertz CT molecular complexity index is 374. The lowest BCUT2D eigenvalue weighted by Crippen LogP contribution is -2.25. The van der Waals surface area contributed by atoms with Gasteiger partial charge in [0, 0.05) is 31.4 Å². The van der Waals surface area contributed by atoms with Gasteiger partial charge in [-0.05, 0) is 19.9 Å². The summed E-state index contributed by atoms with van der Waals surface area (Å²) in [6.45, 7) is 4.54. The summed E-state index contributed by atoms with van der Waals surface area (Å²) in [4.78, 5) is 4.06. The van der Waals surface area contributed by atoms with Crippen LogP contribution in [0.2, 0.25) is 0 Å². The monoisotopic (exact) mass is 237 g/mol. The number of rotatable bonds is 6. The Labute approximate surface area is 101 Å². The lowest BCUT2D eigenvalue weighted by atomic mass is 10.1. The fourth-order valence-corrected chi connectivity index (χ4v) is 1.13. The summed E-state index contributed by atoms with van der Waals surface area (Å²) >= 11 is 0. The Morgan fingerprint density at radius 2 is 2.18 bits per heavy atom. The smallest absolute Gasteiger partial charge is 0.213 e. The Morgan fingerprint density at radius 3 is 2.65 bits per heavy atom. The summed E-state index contributed by atoms with van der Waals surface area (Å²) < 4.78 is 10.8. The summed E-state index contributed by atoms with van der Waals surface area (Å²) in [7, 11) is 1.68. The molecule has 0 fully saturated rings. The third kappa shape index (κ3) is 4.40. The van der Waals surface area contributed by atoms with Gasteiger partial charge in [-0.25, -0.2) is 4.98 Å². The number of aromatic nitrogens is 1. The Balaban J connectivity index is 2.45. The first-order valence-electron chi connectivity index (χ1n) is 5.43. The molecule has 0 radical (unpaired) electrons. The Kier molecular flexibility index (Phi) is 4.45. The summed E-state index contributed by atoms with van der Waals surface area (Å²) in [6.07, 6.45) is 2.30. The molecule has 0 amide bonds. The minimum Gasteiger partial charge on any atom is -0.478 e. The van der Waals surface area contributed by atoms with Crippen molar-refractivity contribution in [2.24, 2.45) is 5.73 Å². The van der Waals surface area contributed by atoms with E-state index < -0.39 is 0 Å². The van der Waals surface area contributed by atoms with Gasteiger partial charge >= 0.3 is 0 Å². The van der Waals surface area contributed by atoms with E-state index in [9.17, 15) is 0 Å². The molecule has 94 valence electrons. The highest BCUT2D eigenvalue weighted by molar-refractivity contribution is 5.94. The number of nitrogens with two attached hydrogens (primary N) is 1. The number of methoxy groups -OCH3 is 1. The van der Waals surface area contributed by atoms with Gasteiger partial charge in [0.15, 0.2) is 0 Å². The van der Waals surface area contributed by atoms with E-state index in [2.05, 4.69) is 4.98 Å². The third-order valence-corrected chi connectivity index (χ3v) is 2.55. The molecule has 0 aliphatic carbocycles. The highest BCUT2D eigenvalue weighted by atomic mass is 16.5. The molecule has 5 heteroatoms. The van der Waals surface area contributed by atoms with Crippen molar-refractivity contribution in [2.45, 2.75) is 25.9 Å². The van der Waals surface area contributed by atoms with Gasteiger partial charge in [0.25, 0.3) is 0 Å². The maximum Gasteiger partial charge on any atom is 0.213 e. The Hall–Kier alpha value is -1.62. The molecule has 1 aromatic heterocycles. The summed E-state index contributed by atoms with van der Waals surface area (Å²) in [5, 5.41) is 7.23. The highest BCUT2D eigenvalue weighted by Crippen LogP contribution is 2.14. The van der Waals surface area contributed by atoms with Gasteiger partial charge < -0.3 is 15.2 Å². The van der Waals surface area contributed by atoms with Crippen molar-refractivity contribution >= 4 is 5.84 Å². The number of nitrogens with one attached hydrogen (secondary N) is 1. The standard InChI is InChI=1S/C12H19N3O2/c1-12(2,16-3)6-7-17-10-5-4-9(8-15-10)11(13)14/h4-5,8H,6-7H2,1-3H3,(H3,13,14). The fourth-order valence-electron chi connectivity index (χ4n) is 1.13. The van der Waals surface area contributed by atoms with Crippen LogP contribution >= 0.6 is 0 Å². The van der Waals surface area contributed by atoms with E-state index in [4.69, 9.17) is 20.6 Å². The second-order valence-corrected chi connectivity index (χ2v) is 4.36. The summed E-state index contributed by atoms with van der Waals surface area (Å²) in [5.74, 6) is 0.534. The second kappa shape index (κ2) is 5.63. The van der Waals surface area contributed by atoms with Crippen molar-refractivity contribution in [3.63, 3.8) is 0 Å². The molecule has 0 spiro atoms. The largest absolute Gasteiger partial charge is 0.478 e. The van der Waals surface area contributed by atoms with Crippen molar-refractivity contribution in [3.05, 3.63) is 23.9 Å². The van der Waals surface area contributed by atoms with Crippen molar-refractivity contribution in [1.82, 2.24) is 4.98 Å². The molecule has 5 nitrogen and oxygen atoms in total. The molecule has 17 heavy (non-hydrogen) atoms. The van der Waals surface area contributed by atoms with Gasteiger partial charge in [0.05, 0.1) is 12.2 Å². The normalized spacial score (nSPS) is 11.2. The molecular weight excluding hydrogens is 218 g/mol. The number of ether oxygens (including phenoxy) is 2. The van der Waals surface area contributed by atoms with E-state index in [0.717, 1.165) is 6.42 Å². The maximum absolute atomic E-state index is 7.23. The van der Waals surface area contributed by atoms with Gasteiger partial charge in [0.2, 0.25) is 5.88 Å². The number of nitrogen functional groups attached to an aromatic ring is 1. The van der Waals surface area contributed by atoms with Crippen LogP contribution in [0, 0.1) is 5.41 Å². The van der Waals surface area contributed by atoms with Crippen LogP contribution in [-0.2, 0) is 4.74 Å². The molecule has 1 aromatic rings. The molecule has 3 N–H and O–H groups in total. The van der Waals surface area contributed by atoms with Crippen LogP contribution in [0.4, 0.5) is 0 Å². The van der Waals surface area contributed by atoms with Crippen molar-refractivity contribution < 1.29 is 9.47 Å². The van der Waals surface area contributed by atoms with Crippen LogP contribution in [0.3, 0.4) is 0 Å². The minimum atomic E-state index is -0.195. The van der Waals surface area contributed by atoms with Gasteiger partial charge in [-0.1, -0.05) is 0 Å². The number of hydrogen-bond donors (Lipinski definition) is 2. The lowest BCUT2D eigenvalue weighted by Gasteiger charge is -2.22. The van der Waals surface area contributed by atoms with Crippen molar-refractivity contribution in [3.8, 4) is 5.88 Å². The fraction of sp³-hybridized carbons (Fsp3) is 0.500. The van der Waals surface area contributed by atoms with Crippen LogP contribution in [0.5, 0.6) is 5.88 Å². The van der Waals surface area contributed by atoms with E-state index in [-0.39, 0.29) is 11.4 Å². The molecule has 0 aliphatic heterocycles. The molecule has 0 aliphatic rings. The van der Waals surface area contributed by atoms with Crippen LogP contribution in [0.15, 0.2) is 18.3 Å². The van der Waals surface area contributed by atoms with Gasteiger partial charge in [0.1, 0.15) is 5.84 Å². The first-order chi connectivity index (χ1) is 7.94. The summed E-state index contributed by atoms with van der Waals surface area (Å²) in [5.41, 5.74) is 5.72. The number of nitrogens with zero attached hydrogens (tertiary/aromatic N) is 1. The van der Waals surface area contributed by atoms with Gasteiger partial charge in [-0.3, -0.25) is 5.41 Å². The molecule has 0 unspecified atom stereocenters. The van der Waals surface area contributed by atoms with E-state index in [0.29, 0.717) is 18.1 Å². The predicted molar refractivity (Wildman–Crippen MR) is 66.5 cm³/mol. The van der Waals surface area contributed by atoms with Crippen LogP contribution in [-0.4, -0.2) is 30.1 Å². The number of hydrogen-bond acceptors (Lipinski definition) is 4. The molecular formula is C12H19N3O2. The van der Waals surface area contributed by atoms with Gasteiger partial charge in [-0.2, -0.15) is 0 Å². The van der Waals surface area contributed by atoms with Gasteiger partial charge in [-0.15, -0.1) is 0 Å². The first kappa shape index (κ1) is 13.4. The average molecular weight is 237 g/mol. The molecule has 0 saturated carbocycles. The zero-order valence-electron chi connectivity index (χ0n) is 10.5. The second-order valence-electron chi connectivity index (χ2n) is 4.36. The van der Waals surface area contributed by atoms with Crippen LogP contribution < -0.4 is 10.5 Å². The number of amidine groups is 1. The van der Waals surface area contributed by atoms with E-state index in [1.54, 1.807) is 19.2 Å². The van der Waals surface area contributed by atoms with E-state index >= 15 is 0 Å². The minimum absolute atomic E-state index is 0.00423. The summed E-state index contributed by atoms with van der Waals surface area (Å²) in [6, 6.07) is 3.42. The highest BCUT2D eigenvalue weighted by Gasteiger charge is 2.16. The topological polar surface area (TPSA) is 81.2 Å². The quantitative estimate of drug-likeness (QED) is 0.581. The molecule has 0 atom stereocenters. The molecule has 1 rings (SSSR count). The van der Waals surface area contributed by atoms with Crippen molar-refractivity contribution in [2.75, 3.05) is 13.7 Å². The molecule has 0 aromatic carbocycles. The zero-order chi connectivity index (χ0) is 12.9. The zero-order valence-corrected chi connectivity index (χ0v) is 10.5. The average Bonchev–Trinajstić information content (AvgIpc) is 2.29. The third-order valence-electron chi connectivity index (χ3n) is 2.55. The van der Waals surface area contributed by atoms with E-state index in [1.165, 1.54) is 6.20 Å². The SMILES string of the molecule is COC(C)(C)CCOc1ccc(C(=N)N)cn1. The number of pyridine rings is 1. The van der Waals surface area contributed by atoms with E-state index in [1.807, 2.05) is 13.8 Å². The maximum atomic E-state index is 7.23. The van der Waals surface area contributed by atoms with Crippen LogP contribution in [0.1, 0.15) is 25.8 Å². The van der Waals surface area contributed by atoms with Crippen molar-refractivity contribution in [1.29, 1.82) is 5.41 Å². The predicted octanol–water partition coefficient (Wildman–Crippen LogP) is 1.56. The molecule has 0 saturated heterocycles. The lowest BCUT2D eigenvalue weighted by molar-refractivity contribution is 0.00509.